The molecule has 1 fully saturated rings. The zero-order valence-corrected chi connectivity index (χ0v) is 10.9. The van der Waals surface area contributed by atoms with Crippen LogP contribution in [0.2, 0.25) is 0 Å². The van der Waals surface area contributed by atoms with Gasteiger partial charge in [-0.3, -0.25) is 0 Å². The van der Waals surface area contributed by atoms with Crippen LogP contribution in [0, 0.1) is 6.92 Å². The summed E-state index contributed by atoms with van der Waals surface area (Å²) in [5, 5.41) is 13.4. The third-order valence-corrected chi connectivity index (χ3v) is 3.41. The molecule has 1 aliphatic heterocycles. The van der Waals surface area contributed by atoms with Crippen LogP contribution in [0.15, 0.2) is 24.3 Å². The molecule has 1 aromatic carbocycles. The molecule has 5 nitrogen and oxygen atoms in total. The summed E-state index contributed by atoms with van der Waals surface area (Å²) in [7, 11) is 0. The van der Waals surface area contributed by atoms with Gasteiger partial charge in [-0.1, -0.05) is 12.1 Å². The lowest BCUT2D eigenvalue weighted by Crippen LogP contribution is -2.37. The second-order valence-electron chi connectivity index (χ2n) is 5.03. The zero-order valence-electron chi connectivity index (χ0n) is 10.9. The normalized spacial score (nSPS) is 22.8. The first kappa shape index (κ1) is 12.3. The lowest BCUT2D eigenvalue weighted by atomic mass is 10.0. The predicted octanol–water partition coefficient (Wildman–Crippen LogP) is 1.50. The van der Waals surface area contributed by atoms with Crippen molar-refractivity contribution in [1.82, 2.24) is 9.97 Å². The molecular weight excluding hydrogens is 242 g/mol. The monoisotopic (exact) mass is 259 g/mol. The highest BCUT2D eigenvalue weighted by Crippen LogP contribution is 2.21. The van der Waals surface area contributed by atoms with Crippen LogP contribution in [0.1, 0.15) is 12.1 Å². The number of fused-ring (bicyclic) bond motifs is 1. The fourth-order valence-corrected chi connectivity index (χ4v) is 2.24. The van der Waals surface area contributed by atoms with Crippen molar-refractivity contribution in [2.75, 3.05) is 25.1 Å². The summed E-state index contributed by atoms with van der Waals surface area (Å²) >= 11 is 0. The fraction of sp³-hybridized carbons (Fsp3) is 0.429. The number of nitrogens with zero attached hydrogens (tertiary/aromatic N) is 2. The first-order valence-corrected chi connectivity index (χ1v) is 6.44. The Hall–Kier alpha value is -1.72. The summed E-state index contributed by atoms with van der Waals surface area (Å²) in [6.07, 6.45) is 0.653. The molecule has 100 valence electrons. The molecule has 2 N–H and O–H groups in total. The van der Waals surface area contributed by atoms with Crippen LogP contribution < -0.4 is 5.32 Å². The Morgan fingerprint density at radius 2 is 2.05 bits per heavy atom. The molecule has 0 spiro atoms. The van der Waals surface area contributed by atoms with Gasteiger partial charge in [0.05, 0.1) is 23.3 Å². The van der Waals surface area contributed by atoms with Gasteiger partial charge in [0.25, 0.3) is 0 Å². The van der Waals surface area contributed by atoms with E-state index >= 15 is 0 Å². The summed E-state index contributed by atoms with van der Waals surface area (Å²) in [4.78, 5) is 9.05. The van der Waals surface area contributed by atoms with Crippen LogP contribution in [0.25, 0.3) is 11.0 Å². The molecule has 5 heteroatoms. The van der Waals surface area contributed by atoms with Crippen molar-refractivity contribution in [3.8, 4) is 0 Å². The second-order valence-corrected chi connectivity index (χ2v) is 5.03. The SMILES string of the molecule is Cc1nc2ccccc2nc1NCC1(O)CCOC1. The van der Waals surface area contributed by atoms with E-state index in [-0.39, 0.29) is 0 Å². The van der Waals surface area contributed by atoms with E-state index in [0.717, 1.165) is 22.5 Å². The Balaban J connectivity index is 1.82. The van der Waals surface area contributed by atoms with Gasteiger partial charge in [0.15, 0.2) is 0 Å². The van der Waals surface area contributed by atoms with Gasteiger partial charge < -0.3 is 15.2 Å². The molecule has 3 rings (SSSR count). The third-order valence-electron chi connectivity index (χ3n) is 3.41. The van der Waals surface area contributed by atoms with E-state index in [4.69, 9.17) is 4.74 Å². The van der Waals surface area contributed by atoms with Crippen LogP contribution in [0.3, 0.4) is 0 Å². The minimum absolute atomic E-state index is 0.375. The fourth-order valence-electron chi connectivity index (χ4n) is 2.24. The number of hydrogen-bond donors (Lipinski definition) is 2. The Labute approximate surface area is 111 Å². The summed E-state index contributed by atoms with van der Waals surface area (Å²) in [6.45, 7) is 3.33. The van der Waals surface area contributed by atoms with Gasteiger partial charge >= 0.3 is 0 Å². The van der Waals surface area contributed by atoms with E-state index in [2.05, 4.69) is 15.3 Å². The molecule has 0 aliphatic carbocycles. The van der Waals surface area contributed by atoms with Crippen molar-refractivity contribution in [3.63, 3.8) is 0 Å². The number of ether oxygens (including phenoxy) is 1. The molecule has 0 amide bonds. The maximum absolute atomic E-state index is 10.2. The van der Waals surface area contributed by atoms with Crippen LogP contribution in [0.5, 0.6) is 0 Å². The first-order chi connectivity index (χ1) is 9.16. The largest absolute Gasteiger partial charge is 0.386 e. The Morgan fingerprint density at radius 3 is 2.74 bits per heavy atom. The second kappa shape index (κ2) is 4.75. The van der Waals surface area contributed by atoms with E-state index in [1.165, 1.54) is 0 Å². The highest BCUT2D eigenvalue weighted by atomic mass is 16.5. The van der Waals surface area contributed by atoms with Crippen LogP contribution >= 0.6 is 0 Å². The standard InChI is InChI=1S/C14H17N3O2/c1-10-13(15-8-14(18)6-7-19-9-14)17-12-5-3-2-4-11(12)16-10/h2-5,18H,6-9H2,1H3,(H,15,17). The van der Waals surface area contributed by atoms with E-state index < -0.39 is 5.60 Å². The van der Waals surface area contributed by atoms with Gasteiger partial charge in [0.1, 0.15) is 11.4 Å². The molecule has 1 saturated heterocycles. The number of hydrogen-bond acceptors (Lipinski definition) is 5. The molecule has 2 heterocycles. The lowest BCUT2D eigenvalue weighted by molar-refractivity contribution is 0.0381. The third kappa shape index (κ3) is 2.52. The van der Waals surface area contributed by atoms with E-state index in [1.807, 2.05) is 31.2 Å². The highest BCUT2D eigenvalue weighted by Gasteiger charge is 2.32. The predicted molar refractivity (Wildman–Crippen MR) is 73.2 cm³/mol. The van der Waals surface area contributed by atoms with E-state index in [1.54, 1.807) is 0 Å². The Bertz CT molecular complexity index is 594. The quantitative estimate of drug-likeness (QED) is 0.874. The lowest BCUT2D eigenvalue weighted by Gasteiger charge is -2.21. The molecule has 19 heavy (non-hydrogen) atoms. The van der Waals surface area contributed by atoms with E-state index in [9.17, 15) is 5.11 Å². The maximum Gasteiger partial charge on any atom is 0.148 e. The molecule has 0 saturated carbocycles. The molecular formula is C14H17N3O2. The Morgan fingerprint density at radius 1 is 1.32 bits per heavy atom. The van der Waals surface area contributed by atoms with Crippen LogP contribution in [-0.4, -0.2) is 40.4 Å². The highest BCUT2D eigenvalue weighted by molar-refractivity contribution is 5.76. The number of anilines is 1. The molecule has 1 aliphatic rings. The minimum Gasteiger partial charge on any atom is -0.386 e. The van der Waals surface area contributed by atoms with Crippen molar-refractivity contribution in [3.05, 3.63) is 30.0 Å². The van der Waals surface area contributed by atoms with Gasteiger partial charge in [-0.05, 0) is 19.1 Å². The number of aryl methyl sites for hydroxylation is 1. The topological polar surface area (TPSA) is 67.3 Å². The van der Waals surface area contributed by atoms with E-state index in [0.29, 0.717) is 26.2 Å². The van der Waals surface area contributed by atoms with Gasteiger partial charge in [-0.25, -0.2) is 9.97 Å². The summed E-state index contributed by atoms with van der Waals surface area (Å²) in [5.74, 6) is 0.721. The number of rotatable bonds is 3. The number of aliphatic hydroxyl groups is 1. The van der Waals surface area contributed by atoms with Crippen molar-refractivity contribution in [1.29, 1.82) is 0 Å². The smallest absolute Gasteiger partial charge is 0.148 e. The van der Waals surface area contributed by atoms with Gasteiger partial charge in [-0.2, -0.15) is 0 Å². The minimum atomic E-state index is -0.792. The van der Waals surface area contributed by atoms with Crippen molar-refractivity contribution in [2.24, 2.45) is 0 Å². The maximum atomic E-state index is 10.2. The summed E-state index contributed by atoms with van der Waals surface area (Å²) in [6, 6.07) is 7.76. The van der Waals surface area contributed by atoms with Gasteiger partial charge in [-0.15, -0.1) is 0 Å². The van der Waals surface area contributed by atoms with Crippen molar-refractivity contribution in [2.45, 2.75) is 18.9 Å². The first-order valence-electron chi connectivity index (χ1n) is 6.44. The molecule has 1 aromatic heterocycles. The number of benzene rings is 1. The summed E-state index contributed by atoms with van der Waals surface area (Å²) < 4.78 is 5.22. The average molecular weight is 259 g/mol. The average Bonchev–Trinajstić information content (AvgIpc) is 2.84. The molecule has 1 unspecified atom stereocenters. The Kier molecular flexibility index (Phi) is 3.08. The number of para-hydroxylation sites is 2. The van der Waals surface area contributed by atoms with Gasteiger partial charge in [0, 0.05) is 19.6 Å². The van der Waals surface area contributed by atoms with Crippen LogP contribution in [-0.2, 0) is 4.74 Å². The number of aromatic nitrogens is 2. The van der Waals surface area contributed by atoms with Crippen molar-refractivity contribution < 1.29 is 9.84 Å². The van der Waals surface area contributed by atoms with Crippen molar-refractivity contribution >= 4 is 16.9 Å². The molecule has 0 bridgehead atoms. The van der Waals surface area contributed by atoms with Gasteiger partial charge in [0.2, 0.25) is 0 Å². The molecule has 0 radical (unpaired) electrons. The number of nitrogens with one attached hydrogen (secondary N) is 1. The molecule has 1 atom stereocenters. The van der Waals surface area contributed by atoms with Crippen LogP contribution in [0.4, 0.5) is 5.82 Å². The molecule has 2 aromatic rings. The summed E-state index contributed by atoms with van der Waals surface area (Å²) in [5.41, 5.74) is 1.78. The zero-order chi connectivity index (χ0) is 13.3.